The molecule has 6 heteroatoms. The molecule has 0 radical (unpaired) electrons. The predicted octanol–water partition coefficient (Wildman–Crippen LogP) is 3.30. The first-order valence-electron chi connectivity index (χ1n) is 5.86. The Morgan fingerprint density at radius 3 is 2.68 bits per heavy atom. The second-order valence-corrected chi connectivity index (χ2v) is 5.51. The van der Waals surface area contributed by atoms with Crippen LogP contribution in [0.15, 0.2) is 22.7 Å². The fourth-order valence-corrected chi connectivity index (χ4v) is 2.26. The second kappa shape index (κ2) is 5.13. The Hall–Kier alpha value is -1.69. The standard InChI is InChI=1S/C13H14BrN3O2/c1-7(2)17-12(11(13(18)19)15-16-17)10-6-9(14)5-4-8(10)3/h4-7H,1-3H3,(H,18,19). The summed E-state index contributed by atoms with van der Waals surface area (Å²) in [5.74, 6) is -1.07. The van der Waals surface area contributed by atoms with Crippen LogP contribution in [0.2, 0.25) is 0 Å². The van der Waals surface area contributed by atoms with Crippen LogP contribution in [0.4, 0.5) is 0 Å². The minimum atomic E-state index is -1.07. The van der Waals surface area contributed by atoms with Gasteiger partial charge in [-0.2, -0.15) is 0 Å². The first-order chi connectivity index (χ1) is 8.91. The van der Waals surface area contributed by atoms with Crippen molar-refractivity contribution < 1.29 is 9.90 Å². The third kappa shape index (κ3) is 2.53. The molecule has 0 bridgehead atoms. The number of hydrogen-bond acceptors (Lipinski definition) is 3. The summed E-state index contributed by atoms with van der Waals surface area (Å²) in [6, 6.07) is 5.78. The molecule has 0 aliphatic rings. The van der Waals surface area contributed by atoms with Crippen LogP contribution in [0, 0.1) is 6.92 Å². The Morgan fingerprint density at radius 1 is 1.42 bits per heavy atom. The zero-order valence-corrected chi connectivity index (χ0v) is 12.5. The van der Waals surface area contributed by atoms with E-state index in [9.17, 15) is 9.90 Å². The molecule has 2 rings (SSSR count). The van der Waals surface area contributed by atoms with Gasteiger partial charge in [0, 0.05) is 16.1 Å². The number of carbonyl (C=O) groups is 1. The van der Waals surface area contributed by atoms with Gasteiger partial charge < -0.3 is 5.11 Å². The monoisotopic (exact) mass is 323 g/mol. The zero-order valence-electron chi connectivity index (χ0n) is 10.9. The summed E-state index contributed by atoms with van der Waals surface area (Å²) >= 11 is 3.41. The average Bonchev–Trinajstić information content (AvgIpc) is 2.76. The van der Waals surface area contributed by atoms with Crippen molar-refractivity contribution in [2.24, 2.45) is 0 Å². The molecule has 0 fully saturated rings. The predicted molar refractivity (Wildman–Crippen MR) is 75.2 cm³/mol. The molecule has 0 aliphatic carbocycles. The topological polar surface area (TPSA) is 68.0 Å². The fraction of sp³-hybridized carbons (Fsp3) is 0.308. The molecule has 0 unspecified atom stereocenters. The number of benzene rings is 1. The van der Waals surface area contributed by atoms with E-state index in [1.807, 2.05) is 39.0 Å². The molecule has 2 aromatic rings. The highest BCUT2D eigenvalue weighted by Gasteiger charge is 2.23. The number of aromatic nitrogens is 3. The van der Waals surface area contributed by atoms with Crippen LogP contribution >= 0.6 is 15.9 Å². The average molecular weight is 324 g/mol. The van der Waals surface area contributed by atoms with E-state index >= 15 is 0 Å². The molecule has 1 aromatic carbocycles. The lowest BCUT2D eigenvalue weighted by Crippen LogP contribution is -2.07. The maximum absolute atomic E-state index is 11.3. The van der Waals surface area contributed by atoms with Crippen molar-refractivity contribution in [1.82, 2.24) is 15.0 Å². The molecule has 0 atom stereocenters. The lowest BCUT2D eigenvalue weighted by atomic mass is 10.0. The Morgan fingerprint density at radius 2 is 2.11 bits per heavy atom. The molecular weight excluding hydrogens is 310 g/mol. The first-order valence-corrected chi connectivity index (χ1v) is 6.66. The van der Waals surface area contributed by atoms with Gasteiger partial charge in [-0.05, 0) is 38.5 Å². The van der Waals surface area contributed by atoms with Crippen LogP contribution in [-0.4, -0.2) is 26.1 Å². The first kappa shape index (κ1) is 13.7. The zero-order chi connectivity index (χ0) is 14.2. The third-order valence-electron chi connectivity index (χ3n) is 2.84. The maximum atomic E-state index is 11.3. The van der Waals surface area contributed by atoms with E-state index < -0.39 is 5.97 Å². The number of aromatic carboxylic acids is 1. The summed E-state index contributed by atoms with van der Waals surface area (Å²) < 4.78 is 2.53. The highest BCUT2D eigenvalue weighted by molar-refractivity contribution is 9.10. The van der Waals surface area contributed by atoms with E-state index in [2.05, 4.69) is 26.2 Å². The molecule has 0 aliphatic heterocycles. The Bertz CT molecular complexity index is 635. The maximum Gasteiger partial charge on any atom is 0.358 e. The Balaban J connectivity index is 2.75. The number of aryl methyl sites for hydroxylation is 1. The van der Waals surface area contributed by atoms with Gasteiger partial charge in [-0.15, -0.1) is 5.10 Å². The van der Waals surface area contributed by atoms with Gasteiger partial charge in [0.1, 0.15) is 5.69 Å². The van der Waals surface area contributed by atoms with E-state index in [0.717, 1.165) is 15.6 Å². The summed E-state index contributed by atoms with van der Waals surface area (Å²) in [6.07, 6.45) is 0. The number of carboxylic acids is 1. The van der Waals surface area contributed by atoms with Crippen LogP contribution in [0.3, 0.4) is 0 Å². The van der Waals surface area contributed by atoms with Crippen LogP contribution in [0.1, 0.15) is 35.9 Å². The van der Waals surface area contributed by atoms with Crippen molar-refractivity contribution in [3.8, 4) is 11.3 Å². The number of halogens is 1. The summed E-state index contributed by atoms with van der Waals surface area (Å²) in [7, 11) is 0. The van der Waals surface area contributed by atoms with E-state index in [0.29, 0.717) is 5.69 Å². The van der Waals surface area contributed by atoms with Crippen molar-refractivity contribution >= 4 is 21.9 Å². The molecule has 0 saturated carbocycles. The fourth-order valence-electron chi connectivity index (χ4n) is 1.90. The summed E-state index contributed by atoms with van der Waals surface area (Å²) in [5.41, 5.74) is 2.33. The Kier molecular flexibility index (Phi) is 3.71. The van der Waals surface area contributed by atoms with Gasteiger partial charge in [-0.1, -0.05) is 27.2 Å². The molecule has 1 N–H and O–H groups in total. The molecule has 0 amide bonds. The number of nitrogens with zero attached hydrogens (tertiary/aromatic N) is 3. The minimum absolute atomic E-state index is 0.0186. The lowest BCUT2D eigenvalue weighted by molar-refractivity contribution is 0.0691. The van der Waals surface area contributed by atoms with Gasteiger partial charge in [0.05, 0.1) is 0 Å². The largest absolute Gasteiger partial charge is 0.476 e. The van der Waals surface area contributed by atoms with Gasteiger partial charge in [0.2, 0.25) is 0 Å². The highest BCUT2D eigenvalue weighted by atomic mass is 79.9. The summed E-state index contributed by atoms with van der Waals surface area (Å²) in [4.78, 5) is 11.3. The summed E-state index contributed by atoms with van der Waals surface area (Å²) in [6.45, 7) is 5.82. The molecule has 100 valence electrons. The smallest absolute Gasteiger partial charge is 0.358 e. The molecule has 19 heavy (non-hydrogen) atoms. The molecule has 1 heterocycles. The Labute approximate surface area is 119 Å². The lowest BCUT2D eigenvalue weighted by Gasteiger charge is -2.12. The van der Waals surface area contributed by atoms with Gasteiger partial charge >= 0.3 is 5.97 Å². The quantitative estimate of drug-likeness (QED) is 0.941. The van der Waals surface area contributed by atoms with Gasteiger partial charge in [-0.3, -0.25) is 0 Å². The highest BCUT2D eigenvalue weighted by Crippen LogP contribution is 2.30. The van der Waals surface area contributed by atoms with Crippen molar-refractivity contribution in [2.75, 3.05) is 0 Å². The minimum Gasteiger partial charge on any atom is -0.476 e. The van der Waals surface area contributed by atoms with Crippen molar-refractivity contribution in [3.63, 3.8) is 0 Å². The van der Waals surface area contributed by atoms with Crippen LogP contribution < -0.4 is 0 Å². The number of hydrogen-bond donors (Lipinski definition) is 1. The molecule has 0 saturated heterocycles. The van der Waals surface area contributed by atoms with Crippen molar-refractivity contribution in [3.05, 3.63) is 33.9 Å². The van der Waals surface area contributed by atoms with E-state index in [-0.39, 0.29) is 11.7 Å². The number of rotatable bonds is 3. The van der Waals surface area contributed by atoms with E-state index in [1.165, 1.54) is 0 Å². The molecular formula is C13H14BrN3O2. The van der Waals surface area contributed by atoms with Crippen LogP contribution in [0.5, 0.6) is 0 Å². The second-order valence-electron chi connectivity index (χ2n) is 4.59. The van der Waals surface area contributed by atoms with E-state index in [1.54, 1.807) is 4.68 Å². The van der Waals surface area contributed by atoms with Gasteiger partial charge in [0.25, 0.3) is 0 Å². The number of carboxylic acid groups (broad SMARTS) is 1. The van der Waals surface area contributed by atoms with Crippen LogP contribution in [0.25, 0.3) is 11.3 Å². The normalized spacial score (nSPS) is 11.0. The van der Waals surface area contributed by atoms with Gasteiger partial charge in [0.15, 0.2) is 5.69 Å². The van der Waals surface area contributed by atoms with Crippen molar-refractivity contribution in [2.45, 2.75) is 26.8 Å². The van der Waals surface area contributed by atoms with Crippen LogP contribution in [-0.2, 0) is 0 Å². The molecule has 1 aromatic heterocycles. The summed E-state index contributed by atoms with van der Waals surface area (Å²) in [5, 5.41) is 17.0. The molecule has 0 spiro atoms. The van der Waals surface area contributed by atoms with Crippen molar-refractivity contribution in [1.29, 1.82) is 0 Å². The molecule has 5 nitrogen and oxygen atoms in total. The van der Waals surface area contributed by atoms with E-state index in [4.69, 9.17) is 0 Å². The van der Waals surface area contributed by atoms with Gasteiger partial charge in [-0.25, -0.2) is 9.48 Å². The SMILES string of the molecule is Cc1ccc(Br)cc1-c1c(C(=O)O)nnn1C(C)C. The third-order valence-corrected chi connectivity index (χ3v) is 3.33.